The second-order valence-corrected chi connectivity index (χ2v) is 3.22. The van der Waals surface area contributed by atoms with Crippen molar-refractivity contribution in [2.75, 3.05) is 0 Å². The zero-order valence-electron chi connectivity index (χ0n) is 5.09. The molecule has 1 unspecified atom stereocenters. The monoisotopic (exact) mass is 220 g/mol. The number of hydrogen-bond donors (Lipinski definition) is 1. The van der Waals surface area contributed by atoms with Crippen LogP contribution in [0.4, 0.5) is 0 Å². The fourth-order valence-electron chi connectivity index (χ4n) is 0.622. The minimum atomic E-state index is -0.895. The van der Waals surface area contributed by atoms with Crippen LogP contribution in [0.3, 0.4) is 0 Å². The molecule has 0 aliphatic carbocycles. The van der Waals surface area contributed by atoms with E-state index in [4.69, 9.17) is 16.7 Å². The van der Waals surface area contributed by atoms with Crippen LogP contribution in [0, 0.1) is 0 Å². The van der Waals surface area contributed by atoms with Gasteiger partial charge in [-0.1, -0.05) is 39.7 Å². The lowest BCUT2D eigenvalue weighted by molar-refractivity contribution is 0.263. The molecule has 0 amide bonds. The number of aliphatic hydroxyl groups is 1. The van der Waals surface area contributed by atoms with Gasteiger partial charge in [-0.15, -0.1) is 0 Å². The highest BCUT2D eigenvalue weighted by atomic mass is 79.9. The van der Waals surface area contributed by atoms with Crippen molar-refractivity contribution in [1.29, 1.82) is 0 Å². The first-order valence-electron chi connectivity index (χ1n) is 2.78. The van der Waals surface area contributed by atoms with Gasteiger partial charge in [0, 0.05) is 4.47 Å². The molecular weight excluding hydrogens is 215 g/mol. The number of aliphatic hydroxyl groups excluding tert-OH is 1. The van der Waals surface area contributed by atoms with Gasteiger partial charge in [-0.2, -0.15) is 0 Å². The molecule has 0 radical (unpaired) electrons. The Morgan fingerprint density at radius 3 is 2.20 bits per heavy atom. The van der Waals surface area contributed by atoms with Crippen molar-refractivity contribution in [3.05, 3.63) is 34.3 Å². The van der Waals surface area contributed by atoms with E-state index in [0.717, 1.165) is 4.47 Å². The maximum Gasteiger partial charge on any atom is 0.153 e. The van der Waals surface area contributed by atoms with Crippen molar-refractivity contribution in [2.45, 2.75) is 5.56 Å². The fourth-order valence-corrected chi connectivity index (χ4v) is 1.03. The molecule has 1 rings (SSSR count). The van der Waals surface area contributed by atoms with E-state index in [-0.39, 0.29) is 0 Å². The number of halogens is 2. The zero-order valence-corrected chi connectivity index (χ0v) is 7.43. The van der Waals surface area contributed by atoms with Crippen LogP contribution in [-0.2, 0) is 0 Å². The number of rotatable bonds is 1. The normalized spacial score (nSPS) is 13.1. The highest BCUT2D eigenvalue weighted by Gasteiger charge is 1.99. The fraction of sp³-hybridized carbons (Fsp3) is 0.143. The average molecular weight is 221 g/mol. The molecule has 10 heavy (non-hydrogen) atoms. The topological polar surface area (TPSA) is 20.2 Å². The molecule has 1 aromatic rings. The Bertz CT molecular complexity index is 207. The summed E-state index contributed by atoms with van der Waals surface area (Å²) in [6, 6.07) is 7.20. The lowest BCUT2D eigenvalue weighted by Gasteiger charge is -2.00. The summed E-state index contributed by atoms with van der Waals surface area (Å²) in [6.45, 7) is 0. The summed E-state index contributed by atoms with van der Waals surface area (Å²) < 4.78 is 0.980. The number of alkyl halides is 1. The highest BCUT2D eigenvalue weighted by Crippen LogP contribution is 2.18. The lowest BCUT2D eigenvalue weighted by atomic mass is 10.2. The van der Waals surface area contributed by atoms with Gasteiger partial charge in [0.2, 0.25) is 0 Å². The van der Waals surface area contributed by atoms with Gasteiger partial charge in [0.05, 0.1) is 0 Å². The van der Waals surface area contributed by atoms with E-state index in [9.17, 15) is 0 Å². The summed E-state index contributed by atoms with van der Waals surface area (Å²) >= 11 is 8.67. The van der Waals surface area contributed by atoms with Crippen LogP contribution in [0.5, 0.6) is 0 Å². The smallest absolute Gasteiger partial charge is 0.153 e. The summed E-state index contributed by atoms with van der Waals surface area (Å²) in [6.07, 6.45) is 0. The molecule has 0 aliphatic rings. The molecule has 1 N–H and O–H groups in total. The molecule has 0 fully saturated rings. The van der Waals surface area contributed by atoms with E-state index >= 15 is 0 Å². The predicted molar refractivity (Wildman–Crippen MR) is 45.0 cm³/mol. The zero-order chi connectivity index (χ0) is 7.56. The van der Waals surface area contributed by atoms with Crippen LogP contribution in [0.1, 0.15) is 11.1 Å². The largest absolute Gasteiger partial charge is 0.373 e. The van der Waals surface area contributed by atoms with E-state index in [1.54, 1.807) is 12.1 Å². The first-order chi connectivity index (χ1) is 4.70. The minimum absolute atomic E-state index is 0.713. The molecule has 0 aliphatic heterocycles. The molecule has 1 aromatic carbocycles. The average Bonchev–Trinajstić information content (AvgIpc) is 1.88. The molecule has 1 atom stereocenters. The lowest BCUT2D eigenvalue weighted by Crippen LogP contribution is -1.85. The van der Waals surface area contributed by atoms with Gasteiger partial charge in [0.25, 0.3) is 0 Å². The van der Waals surface area contributed by atoms with Gasteiger partial charge in [-0.25, -0.2) is 0 Å². The van der Waals surface area contributed by atoms with Crippen LogP contribution < -0.4 is 0 Å². The SMILES string of the molecule is OC(Cl)c1ccc(Br)cc1. The highest BCUT2D eigenvalue weighted by molar-refractivity contribution is 9.10. The first kappa shape index (κ1) is 8.05. The van der Waals surface area contributed by atoms with Crippen molar-refractivity contribution in [3.8, 4) is 0 Å². The third kappa shape index (κ3) is 1.97. The van der Waals surface area contributed by atoms with Crippen LogP contribution in [-0.4, -0.2) is 5.11 Å². The third-order valence-corrected chi connectivity index (χ3v) is 1.93. The Morgan fingerprint density at radius 1 is 1.30 bits per heavy atom. The Morgan fingerprint density at radius 2 is 1.80 bits per heavy atom. The Kier molecular flexibility index (Phi) is 2.72. The maximum atomic E-state index is 8.86. The van der Waals surface area contributed by atoms with Gasteiger partial charge in [0.1, 0.15) is 0 Å². The third-order valence-electron chi connectivity index (χ3n) is 1.15. The van der Waals surface area contributed by atoms with Crippen molar-refractivity contribution >= 4 is 27.5 Å². The quantitative estimate of drug-likeness (QED) is 0.723. The second kappa shape index (κ2) is 3.37. The first-order valence-corrected chi connectivity index (χ1v) is 4.00. The van der Waals surface area contributed by atoms with Crippen LogP contribution in [0.25, 0.3) is 0 Å². The molecule has 3 heteroatoms. The van der Waals surface area contributed by atoms with Crippen molar-refractivity contribution < 1.29 is 5.11 Å². The molecule has 54 valence electrons. The second-order valence-electron chi connectivity index (χ2n) is 1.89. The summed E-state index contributed by atoms with van der Waals surface area (Å²) in [5, 5.41) is 8.86. The van der Waals surface area contributed by atoms with Crippen molar-refractivity contribution in [3.63, 3.8) is 0 Å². The van der Waals surface area contributed by atoms with E-state index in [1.807, 2.05) is 12.1 Å². The molecule has 0 spiro atoms. The van der Waals surface area contributed by atoms with Gasteiger partial charge >= 0.3 is 0 Å². The van der Waals surface area contributed by atoms with Crippen LogP contribution >= 0.6 is 27.5 Å². The standard InChI is InChI=1S/C7H6BrClO/c8-6-3-1-5(2-4-6)7(9)10/h1-4,7,10H. The van der Waals surface area contributed by atoms with Crippen LogP contribution in [0.15, 0.2) is 28.7 Å². The minimum Gasteiger partial charge on any atom is -0.373 e. The van der Waals surface area contributed by atoms with E-state index in [0.29, 0.717) is 5.56 Å². The molecular formula is C7H6BrClO. The van der Waals surface area contributed by atoms with Crippen LogP contribution in [0.2, 0.25) is 0 Å². The van der Waals surface area contributed by atoms with E-state index in [2.05, 4.69) is 15.9 Å². The van der Waals surface area contributed by atoms with Crippen molar-refractivity contribution in [2.24, 2.45) is 0 Å². The molecule has 0 heterocycles. The Labute approximate surface area is 72.8 Å². The van der Waals surface area contributed by atoms with E-state index < -0.39 is 5.56 Å². The summed E-state index contributed by atoms with van der Waals surface area (Å²) in [5.74, 6) is 0. The summed E-state index contributed by atoms with van der Waals surface area (Å²) in [7, 11) is 0. The number of benzene rings is 1. The molecule has 0 aromatic heterocycles. The molecule has 0 saturated carbocycles. The summed E-state index contributed by atoms with van der Waals surface area (Å²) in [4.78, 5) is 0. The summed E-state index contributed by atoms with van der Waals surface area (Å²) in [5.41, 5.74) is -0.182. The van der Waals surface area contributed by atoms with Crippen molar-refractivity contribution in [1.82, 2.24) is 0 Å². The van der Waals surface area contributed by atoms with Gasteiger partial charge < -0.3 is 5.11 Å². The van der Waals surface area contributed by atoms with Gasteiger partial charge in [-0.3, -0.25) is 0 Å². The van der Waals surface area contributed by atoms with E-state index in [1.165, 1.54) is 0 Å². The maximum absolute atomic E-state index is 8.86. The van der Waals surface area contributed by atoms with Gasteiger partial charge in [0.15, 0.2) is 5.56 Å². The Balaban J connectivity index is 2.89. The van der Waals surface area contributed by atoms with Gasteiger partial charge in [-0.05, 0) is 17.7 Å². The molecule has 1 nitrogen and oxygen atoms in total. The predicted octanol–water partition coefficient (Wildman–Crippen LogP) is 2.68. The Hall–Kier alpha value is -0.0500. The molecule has 0 saturated heterocycles. The molecule has 0 bridgehead atoms. The number of hydrogen-bond acceptors (Lipinski definition) is 1.